The van der Waals surface area contributed by atoms with E-state index < -0.39 is 14.9 Å². The monoisotopic (exact) mass is 316 g/mol. The van der Waals surface area contributed by atoms with Gasteiger partial charge in [-0.05, 0) is 6.26 Å². The van der Waals surface area contributed by atoms with Gasteiger partial charge in [0.25, 0.3) is 5.69 Å². The quantitative estimate of drug-likeness (QED) is 0.492. The van der Waals surface area contributed by atoms with Gasteiger partial charge >= 0.3 is 0 Å². The Morgan fingerprint density at radius 1 is 1.65 bits per heavy atom. The van der Waals surface area contributed by atoms with E-state index in [1.165, 1.54) is 11.8 Å². The van der Waals surface area contributed by atoms with Crippen molar-refractivity contribution in [2.24, 2.45) is 0 Å². The summed E-state index contributed by atoms with van der Waals surface area (Å²) >= 11 is 7.75. The van der Waals surface area contributed by atoms with Gasteiger partial charge in [0.15, 0.2) is 4.34 Å². The van der Waals surface area contributed by atoms with Crippen molar-refractivity contribution in [3.63, 3.8) is 0 Å². The van der Waals surface area contributed by atoms with Crippen molar-refractivity contribution in [1.82, 2.24) is 4.72 Å². The van der Waals surface area contributed by atoms with Gasteiger partial charge in [0, 0.05) is 18.4 Å². The third kappa shape index (κ3) is 3.81. The first-order valence-corrected chi connectivity index (χ1v) is 8.38. The molecule has 0 radical (unpaired) electrons. The number of halogens is 1. The van der Waals surface area contributed by atoms with Crippen LogP contribution in [0.5, 0.6) is 0 Å². The largest absolute Gasteiger partial charge is 0.300 e. The summed E-state index contributed by atoms with van der Waals surface area (Å²) in [5.41, 5.74) is -0.387. The van der Waals surface area contributed by atoms with Gasteiger partial charge in [-0.3, -0.25) is 10.1 Å². The highest BCUT2D eigenvalue weighted by atomic mass is 35.5. The first kappa shape index (κ1) is 14.7. The first-order chi connectivity index (χ1) is 7.88. The van der Waals surface area contributed by atoms with Gasteiger partial charge in [0.2, 0.25) is 10.0 Å². The molecule has 1 rings (SSSR count). The van der Waals surface area contributed by atoms with Crippen molar-refractivity contribution in [3.05, 3.63) is 20.5 Å². The van der Waals surface area contributed by atoms with E-state index in [0.29, 0.717) is 17.1 Å². The zero-order valence-electron chi connectivity index (χ0n) is 8.67. The molecule has 10 heteroatoms. The Labute approximate surface area is 112 Å². The van der Waals surface area contributed by atoms with Crippen molar-refractivity contribution in [3.8, 4) is 0 Å². The molecule has 0 amide bonds. The average Bonchev–Trinajstić information content (AvgIpc) is 2.61. The van der Waals surface area contributed by atoms with Gasteiger partial charge in [-0.2, -0.15) is 11.8 Å². The van der Waals surface area contributed by atoms with Crippen molar-refractivity contribution in [2.75, 3.05) is 18.6 Å². The van der Waals surface area contributed by atoms with E-state index in [1.54, 1.807) is 0 Å². The smallest absolute Gasteiger partial charge is 0.258 e. The van der Waals surface area contributed by atoms with Crippen LogP contribution in [0.4, 0.5) is 5.69 Å². The number of thioether (sulfide) groups is 1. The van der Waals surface area contributed by atoms with Crippen LogP contribution in [0.3, 0.4) is 0 Å². The fraction of sp³-hybridized carbons (Fsp3) is 0.429. The second-order valence-electron chi connectivity index (χ2n) is 2.87. The molecule has 1 heterocycles. The predicted octanol–water partition coefficient (Wildman–Crippen LogP) is 1.95. The van der Waals surface area contributed by atoms with E-state index in [1.807, 2.05) is 6.26 Å². The molecule has 0 fully saturated rings. The third-order valence-electron chi connectivity index (χ3n) is 1.71. The molecule has 96 valence electrons. The molecular formula is C7H9ClN2O4S3. The molecule has 1 aromatic rings. The highest BCUT2D eigenvalue weighted by Gasteiger charge is 2.24. The number of hydrogen-bond donors (Lipinski definition) is 1. The van der Waals surface area contributed by atoms with Crippen LogP contribution in [-0.2, 0) is 10.0 Å². The Hall–Kier alpha value is -0.350. The van der Waals surface area contributed by atoms with Crippen molar-refractivity contribution < 1.29 is 13.3 Å². The predicted molar refractivity (Wildman–Crippen MR) is 69.6 cm³/mol. The summed E-state index contributed by atoms with van der Waals surface area (Å²) in [5, 5.41) is 10.5. The molecule has 1 aromatic heterocycles. The zero-order chi connectivity index (χ0) is 13.1. The summed E-state index contributed by atoms with van der Waals surface area (Å²) in [6.45, 7) is 0.271. The van der Waals surface area contributed by atoms with E-state index in [9.17, 15) is 18.5 Å². The third-order valence-corrected chi connectivity index (χ3v) is 5.59. The van der Waals surface area contributed by atoms with Crippen molar-refractivity contribution in [1.29, 1.82) is 0 Å². The van der Waals surface area contributed by atoms with Crippen LogP contribution in [0.25, 0.3) is 0 Å². The molecule has 17 heavy (non-hydrogen) atoms. The van der Waals surface area contributed by atoms with Crippen LogP contribution < -0.4 is 4.72 Å². The lowest BCUT2D eigenvalue weighted by Crippen LogP contribution is -2.25. The summed E-state index contributed by atoms with van der Waals surface area (Å²) in [7, 11) is -3.70. The normalized spacial score (nSPS) is 11.6. The van der Waals surface area contributed by atoms with E-state index in [4.69, 9.17) is 11.6 Å². The molecule has 0 spiro atoms. The van der Waals surface area contributed by atoms with Gasteiger partial charge < -0.3 is 0 Å². The number of nitrogens with zero attached hydrogens (tertiary/aromatic N) is 1. The van der Waals surface area contributed by atoms with Crippen LogP contribution in [0, 0.1) is 10.1 Å². The van der Waals surface area contributed by atoms with Crippen LogP contribution >= 0.6 is 34.7 Å². The first-order valence-electron chi connectivity index (χ1n) is 4.31. The zero-order valence-corrected chi connectivity index (χ0v) is 11.9. The Kier molecular flexibility index (Phi) is 5.20. The summed E-state index contributed by atoms with van der Waals surface area (Å²) in [6, 6.07) is 0.967. The number of rotatable bonds is 6. The lowest BCUT2D eigenvalue weighted by Gasteiger charge is -2.02. The second kappa shape index (κ2) is 6.01. The summed E-state index contributed by atoms with van der Waals surface area (Å²) < 4.78 is 25.5. The Balaban J connectivity index is 2.92. The molecule has 0 unspecified atom stereocenters. The lowest BCUT2D eigenvalue weighted by atomic mass is 10.6. The Morgan fingerprint density at radius 3 is 2.76 bits per heavy atom. The summed E-state index contributed by atoms with van der Waals surface area (Å²) in [4.78, 5) is 9.82. The number of nitro groups is 1. The molecule has 1 N–H and O–H groups in total. The SMILES string of the molecule is CSCCNS(=O)(=O)c1cc([N+](=O)[O-])c(Cl)s1. The second-order valence-corrected chi connectivity index (χ2v) is 7.51. The summed E-state index contributed by atoms with van der Waals surface area (Å²) in [5.74, 6) is 0.625. The molecule has 0 aromatic carbocycles. The minimum absolute atomic E-state index is 0.139. The van der Waals surface area contributed by atoms with Gasteiger partial charge in [-0.1, -0.05) is 11.6 Å². The van der Waals surface area contributed by atoms with Crippen LogP contribution in [0.2, 0.25) is 4.34 Å². The van der Waals surface area contributed by atoms with E-state index in [0.717, 1.165) is 6.07 Å². The topological polar surface area (TPSA) is 89.3 Å². The average molecular weight is 317 g/mol. The van der Waals surface area contributed by atoms with E-state index in [2.05, 4.69) is 4.72 Å². The van der Waals surface area contributed by atoms with E-state index >= 15 is 0 Å². The molecular weight excluding hydrogens is 308 g/mol. The fourth-order valence-electron chi connectivity index (χ4n) is 0.945. The fourth-order valence-corrected chi connectivity index (χ4v) is 4.12. The number of hydrogen-bond acceptors (Lipinski definition) is 6. The molecule has 0 saturated carbocycles. The van der Waals surface area contributed by atoms with E-state index in [-0.39, 0.29) is 20.8 Å². The Bertz CT molecular complexity index is 513. The number of thiophene rings is 1. The standard InChI is InChI=1S/C7H9ClN2O4S3/c1-15-3-2-9-17(13,14)6-4-5(10(11)12)7(8)16-6/h4,9H,2-3H2,1H3. The van der Waals surface area contributed by atoms with Crippen LogP contribution in [-0.4, -0.2) is 31.9 Å². The molecule has 0 bridgehead atoms. The van der Waals surface area contributed by atoms with Crippen molar-refractivity contribution in [2.45, 2.75) is 4.21 Å². The minimum atomic E-state index is -3.70. The summed E-state index contributed by atoms with van der Waals surface area (Å²) in [6.07, 6.45) is 1.85. The molecule has 6 nitrogen and oxygen atoms in total. The van der Waals surface area contributed by atoms with Gasteiger partial charge in [-0.25, -0.2) is 13.1 Å². The van der Waals surface area contributed by atoms with Gasteiger partial charge in [-0.15, -0.1) is 11.3 Å². The molecule has 0 aliphatic carbocycles. The van der Waals surface area contributed by atoms with Crippen LogP contribution in [0.1, 0.15) is 0 Å². The number of sulfonamides is 1. The van der Waals surface area contributed by atoms with Crippen LogP contribution in [0.15, 0.2) is 10.3 Å². The maximum atomic E-state index is 11.7. The van der Waals surface area contributed by atoms with Gasteiger partial charge in [0.1, 0.15) is 4.21 Å². The molecule has 0 atom stereocenters. The maximum Gasteiger partial charge on any atom is 0.300 e. The molecule has 0 aliphatic rings. The molecule has 0 saturated heterocycles. The van der Waals surface area contributed by atoms with Crippen molar-refractivity contribution >= 4 is 50.4 Å². The highest BCUT2D eigenvalue weighted by Crippen LogP contribution is 2.35. The number of nitrogens with one attached hydrogen (secondary N) is 1. The molecule has 0 aliphatic heterocycles. The maximum absolute atomic E-state index is 11.7. The minimum Gasteiger partial charge on any atom is -0.258 e. The Morgan fingerprint density at radius 2 is 2.29 bits per heavy atom. The highest BCUT2D eigenvalue weighted by molar-refractivity contribution is 7.98. The lowest BCUT2D eigenvalue weighted by molar-refractivity contribution is -0.384. The van der Waals surface area contributed by atoms with Gasteiger partial charge in [0.05, 0.1) is 4.92 Å².